The lowest BCUT2D eigenvalue weighted by atomic mass is 9.97. The molecule has 1 aromatic carbocycles. The first-order valence-corrected chi connectivity index (χ1v) is 11.2. The number of likely N-dealkylation sites (tertiary alicyclic amines) is 1. The number of nitrogens with zero attached hydrogens (tertiary/aromatic N) is 2. The summed E-state index contributed by atoms with van der Waals surface area (Å²) in [5.74, 6) is -0.264. The van der Waals surface area contributed by atoms with E-state index in [0.717, 1.165) is 12.0 Å². The molecule has 2 rings (SSSR count). The number of hydrogen-bond acceptors (Lipinski definition) is 4. The molecule has 1 aliphatic heterocycles. The molecule has 7 nitrogen and oxygen atoms in total. The van der Waals surface area contributed by atoms with Gasteiger partial charge in [0, 0.05) is 38.1 Å². The summed E-state index contributed by atoms with van der Waals surface area (Å²) in [6.07, 6.45) is 2.27. The van der Waals surface area contributed by atoms with Crippen molar-refractivity contribution in [3.63, 3.8) is 0 Å². The number of rotatable bonds is 8. The second-order valence-electron chi connectivity index (χ2n) is 9.06. The Labute approximate surface area is 186 Å². The Morgan fingerprint density at radius 3 is 2.32 bits per heavy atom. The monoisotopic (exact) mass is 431 g/mol. The molecule has 0 spiro atoms. The lowest BCUT2D eigenvalue weighted by Crippen LogP contribution is -2.50. The van der Waals surface area contributed by atoms with Gasteiger partial charge in [-0.15, -0.1) is 0 Å². The van der Waals surface area contributed by atoms with Crippen LogP contribution >= 0.6 is 0 Å². The quantitative estimate of drug-likeness (QED) is 0.641. The number of urea groups is 1. The van der Waals surface area contributed by atoms with Gasteiger partial charge in [0.2, 0.25) is 5.91 Å². The van der Waals surface area contributed by atoms with Crippen molar-refractivity contribution in [2.45, 2.75) is 58.9 Å². The molecule has 1 N–H and O–H groups in total. The predicted molar refractivity (Wildman–Crippen MR) is 121 cm³/mol. The van der Waals surface area contributed by atoms with Crippen molar-refractivity contribution >= 4 is 17.9 Å². The minimum Gasteiger partial charge on any atom is -0.466 e. The van der Waals surface area contributed by atoms with Crippen LogP contribution in [-0.4, -0.2) is 66.0 Å². The lowest BCUT2D eigenvalue weighted by molar-refractivity contribution is -0.151. The standard InChI is InChI=1S/C24H37N3O4/c1-5-31-22(29)20-12-16-26(17-13-20)21(28)14-18-27(23(30)25-24(2,3)4)15-11-19-9-7-6-8-10-19/h6-10,20H,5,11-18H2,1-4H3,(H,25,30). The molecule has 3 amide bonds. The number of carbonyl (C=O) groups excluding carboxylic acids is 3. The first-order valence-electron chi connectivity index (χ1n) is 11.2. The molecule has 1 aromatic rings. The molecule has 0 unspecified atom stereocenters. The van der Waals surface area contributed by atoms with E-state index in [9.17, 15) is 14.4 Å². The van der Waals surface area contributed by atoms with Gasteiger partial charge in [-0.05, 0) is 52.5 Å². The summed E-state index contributed by atoms with van der Waals surface area (Å²) in [7, 11) is 0. The van der Waals surface area contributed by atoms with Gasteiger partial charge in [0.25, 0.3) is 0 Å². The largest absolute Gasteiger partial charge is 0.466 e. The van der Waals surface area contributed by atoms with Crippen LogP contribution in [0.15, 0.2) is 30.3 Å². The van der Waals surface area contributed by atoms with E-state index in [4.69, 9.17) is 4.74 Å². The summed E-state index contributed by atoms with van der Waals surface area (Å²) >= 11 is 0. The van der Waals surface area contributed by atoms with Crippen LogP contribution in [0.2, 0.25) is 0 Å². The number of amides is 3. The van der Waals surface area contributed by atoms with E-state index >= 15 is 0 Å². The van der Waals surface area contributed by atoms with E-state index in [1.807, 2.05) is 51.1 Å². The molecule has 31 heavy (non-hydrogen) atoms. The molecule has 0 saturated carbocycles. The third kappa shape index (κ3) is 8.59. The zero-order valence-corrected chi connectivity index (χ0v) is 19.4. The van der Waals surface area contributed by atoms with Crippen molar-refractivity contribution < 1.29 is 19.1 Å². The molecular weight excluding hydrogens is 394 g/mol. The highest BCUT2D eigenvalue weighted by atomic mass is 16.5. The fourth-order valence-electron chi connectivity index (χ4n) is 3.64. The minimum absolute atomic E-state index is 0.0237. The second-order valence-corrected chi connectivity index (χ2v) is 9.06. The average Bonchev–Trinajstić information content (AvgIpc) is 2.73. The Morgan fingerprint density at radius 2 is 1.74 bits per heavy atom. The minimum atomic E-state index is -0.346. The number of ether oxygens (including phenoxy) is 1. The number of hydrogen-bond donors (Lipinski definition) is 1. The Hall–Kier alpha value is -2.57. The summed E-state index contributed by atoms with van der Waals surface area (Å²) in [5.41, 5.74) is 0.810. The van der Waals surface area contributed by atoms with Crippen LogP contribution in [0, 0.1) is 5.92 Å². The highest BCUT2D eigenvalue weighted by Crippen LogP contribution is 2.19. The molecule has 1 saturated heterocycles. The van der Waals surface area contributed by atoms with Crippen LogP contribution in [0.5, 0.6) is 0 Å². The Kier molecular flexibility index (Phi) is 9.34. The first-order chi connectivity index (χ1) is 14.7. The maximum atomic E-state index is 12.8. The van der Waals surface area contributed by atoms with E-state index < -0.39 is 0 Å². The molecule has 1 fully saturated rings. The van der Waals surface area contributed by atoms with Crippen LogP contribution in [0.3, 0.4) is 0 Å². The molecule has 0 atom stereocenters. The van der Waals surface area contributed by atoms with E-state index in [1.54, 1.807) is 16.7 Å². The fourth-order valence-corrected chi connectivity index (χ4v) is 3.64. The van der Waals surface area contributed by atoms with Gasteiger partial charge in [0.15, 0.2) is 0 Å². The highest BCUT2D eigenvalue weighted by molar-refractivity contribution is 5.79. The molecule has 0 aromatic heterocycles. The van der Waals surface area contributed by atoms with Crippen molar-refractivity contribution in [1.29, 1.82) is 0 Å². The van der Waals surface area contributed by atoms with Crippen LogP contribution < -0.4 is 5.32 Å². The molecule has 0 aliphatic carbocycles. The molecular formula is C24H37N3O4. The second kappa shape index (κ2) is 11.7. The summed E-state index contributed by atoms with van der Waals surface area (Å²) in [6.45, 7) is 10.0. The molecule has 0 radical (unpaired) electrons. The van der Waals surface area contributed by atoms with Crippen molar-refractivity contribution in [3.8, 4) is 0 Å². The number of nitrogens with one attached hydrogen (secondary N) is 1. The number of esters is 1. The van der Waals surface area contributed by atoms with Crippen molar-refractivity contribution in [1.82, 2.24) is 15.1 Å². The van der Waals surface area contributed by atoms with Gasteiger partial charge in [-0.25, -0.2) is 4.79 Å². The van der Waals surface area contributed by atoms with Crippen molar-refractivity contribution in [3.05, 3.63) is 35.9 Å². The Morgan fingerprint density at radius 1 is 1.10 bits per heavy atom. The third-order valence-electron chi connectivity index (χ3n) is 5.35. The summed E-state index contributed by atoms with van der Waals surface area (Å²) in [6, 6.07) is 9.86. The first kappa shape index (κ1) is 24.7. The van der Waals surface area contributed by atoms with Crippen LogP contribution in [0.25, 0.3) is 0 Å². The Bertz CT molecular complexity index is 722. The zero-order chi connectivity index (χ0) is 22.9. The SMILES string of the molecule is CCOC(=O)C1CCN(C(=O)CCN(CCc2ccccc2)C(=O)NC(C)(C)C)CC1. The van der Waals surface area contributed by atoms with Gasteiger partial charge in [-0.3, -0.25) is 9.59 Å². The zero-order valence-electron chi connectivity index (χ0n) is 19.4. The molecule has 1 aliphatic rings. The van der Waals surface area contributed by atoms with E-state index in [0.29, 0.717) is 45.6 Å². The predicted octanol–water partition coefficient (Wildman–Crippen LogP) is 3.23. The molecule has 7 heteroatoms. The lowest BCUT2D eigenvalue weighted by Gasteiger charge is -2.32. The number of benzene rings is 1. The van der Waals surface area contributed by atoms with Crippen LogP contribution in [-0.2, 0) is 20.7 Å². The number of piperidine rings is 1. The van der Waals surface area contributed by atoms with Gasteiger partial charge in [0.05, 0.1) is 12.5 Å². The highest BCUT2D eigenvalue weighted by Gasteiger charge is 2.28. The van der Waals surface area contributed by atoms with E-state index in [-0.39, 0.29) is 35.8 Å². The molecule has 1 heterocycles. The van der Waals surface area contributed by atoms with Crippen molar-refractivity contribution in [2.75, 3.05) is 32.8 Å². The summed E-state index contributed by atoms with van der Waals surface area (Å²) < 4.78 is 5.09. The van der Waals surface area contributed by atoms with Gasteiger partial charge in [-0.2, -0.15) is 0 Å². The van der Waals surface area contributed by atoms with Gasteiger partial charge >= 0.3 is 12.0 Å². The third-order valence-corrected chi connectivity index (χ3v) is 5.35. The smallest absolute Gasteiger partial charge is 0.317 e. The van der Waals surface area contributed by atoms with Gasteiger partial charge < -0.3 is 19.9 Å². The normalized spacial score (nSPS) is 14.8. The maximum absolute atomic E-state index is 12.8. The molecule has 172 valence electrons. The van der Waals surface area contributed by atoms with Crippen LogP contribution in [0.4, 0.5) is 4.79 Å². The van der Waals surface area contributed by atoms with Crippen molar-refractivity contribution in [2.24, 2.45) is 5.92 Å². The molecule has 0 bridgehead atoms. The maximum Gasteiger partial charge on any atom is 0.317 e. The summed E-state index contributed by atoms with van der Waals surface area (Å²) in [4.78, 5) is 40.9. The van der Waals surface area contributed by atoms with E-state index in [2.05, 4.69) is 5.32 Å². The Balaban J connectivity index is 1.88. The summed E-state index contributed by atoms with van der Waals surface area (Å²) in [5, 5.41) is 3.00. The topological polar surface area (TPSA) is 79.0 Å². The van der Waals surface area contributed by atoms with E-state index in [1.165, 1.54) is 0 Å². The number of carbonyl (C=O) groups is 3. The van der Waals surface area contributed by atoms with Crippen LogP contribution in [0.1, 0.15) is 52.5 Å². The van der Waals surface area contributed by atoms with Gasteiger partial charge in [0.1, 0.15) is 0 Å². The average molecular weight is 432 g/mol. The van der Waals surface area contributed by atoms with Gasteiger partial charge in [-0.1, -0.05) is 30.3 Å². The fraction of sp³-hybridized carbons (Fsp3) is 0.625.